The minimum Gasteiger partial charge on any atom is -0.491 e. The van der Waals surface area contributed by atoms with Crippen molar-refractivity contribution in [2.24, 2.45) is 0 Å². The van der Waals surface area contributed by atoms with E-state index in [4.69, 9.17) is 21.1 Å². The Hall–Kier alpha value is -3.25. The maximum atomic E-state index is 12.2. The zero-order chi connectivity index (χ0) is 21.3. The summed E-state index contributed by atoms with van der Waals surface area (Å²) in [6.45, 7) is 3.58. The molecule has 1 aromatic heterocycles. The third-order valence-electron chi connectivity index (χ3n) is 4.38. The van der Waals surface area contributed by atoms with E-state index >= 15 is 0 Å². The fraction of sp³-hybridized carbons (Fsp3) is 0.217. The fourth-order valence-corrected chi connectivity index (χ4v) is 3.22. The molecule has 0 aliphatic heterocycles. The van der Waals surface area contributed by atoms with E-state index in [1.807, 2.05) is 42.0 Å². The summed E-state index contributed by atoms with van der Waals surface area (Å²) in [5.41, 5.74) is 2.95. The predicted octanol–water partition coefficient (Wildman–Crippen LogP) is 4.32. The van der Waals surface area contributed by atoms with Gasteiger partial charge in [-0.2, -0.15) is 0 Å². The van der Waals surface area contributed by atoms with Crippen LogP contribution in [0.25, 0.3) is 6.08 Å². The number of methoxy groups -OCH3 is 1. The van der Waals surface area contributed by atoms with Gasteiger partial charge in [-0.1, -0.05) is 35.9 Å². The van der Waals surface area contributed by atoms with E-state index in [1.165, 1.54) is 18.7 Å². The molecule has 0 atom stereocenters. The Balaban J connectivity index is 1.56. The molecule has 0 bridgehead atoms. The number of halogens is 1. The van der Waals surface area contributed by atoms with Gasteiger partial charge in [-0.25, -0.2) is 4.98 Å². The number of rotatable bonds is 9. The summed E-state index contributed by atoms with van der Waals surface area (Å²) in [4.78, 5) is 16.2. The van der Waals surface area contributed by atoms with Crippen molar-refractivity contribution in [2.75, 3.05) is 13.7 Å². The minimum absolute atomic E-state index is 0.192. The average molecular weight is 426 g/mol. The summed E-state index contributed by atoms with van der Waals surface area (Å²) in [5, 5.41) is 3.31. The second-order valence-electron chi connectivity index (χ2n) is 6.57. The Morgan fingerprint density at radius 2 is 2.00 bits per heavy atom. The van der Waals surface area contributed by atoms with Crippen LogP contribution in [-0.4, -0.2) is 29.2 Å². The summed E-state index contributed by atoms with van der Waals surface area (Å²) in [5.74, 6) is 0.835. The maximum Gasteiger partial charge on any atom is 0.244 e. The topological polar surface area (TPSA) is 65.4 Å². The molecule has 2 aromatic carbocycles. The summed E-state index contributed by atoms with van der Waals surface area (Å²) in [6, 6.07) is 11.6. The smallest absolute Gasteiger partial charge is 0.244 e. The molecule has 0 unspecified atom stereocenters. The van der Waals surface area contributed by atoms with Gasteiger partial charge < -0.3 is 19.4 Å². The molecule has 1 amide bonds. The van der Waals surface area contributed by atoms with Gasteiger partial charge in [0, 0.05) is 31.6 Å². The molecule has 3 rings (SSSR count). The van der Waals surface area contributed by atoms with Crippen molar-refractivity contribution in [1.82, 2.24) is 14.9 Å². The van der Waals surface area contributed by atoms with E-state index in [0.29, 0.717) is 29.7 Å². The van der Waals surface area contributed by atoms with Crippen LogP contribution >= 0.6 is 11.6 Å². The number of imidazole rings is 1. The number of benzene rings is 2. The van der Waals surface area contributed by atoms with Crippen molar-refractivity contribution in [3.8, 4) is 11.5 Å². The van der Waals surface area contributed by atoms with Crippen molar-refractivity contribution in [3.63, 3.8) is 0 Å². The monoisotopic (exact) mass is 425 g/mol. The second-order valence-corrected chi connectivity index (χ2v) is 6.98. The number of nitrogens with one attached hydrogen (secondary N) is 1. The minimum atomic E-state index is -0.192. The Kier molecular flexibility index (Phi) is 7.51. The highest BCUT2D eigenvalue weighted by Crippen LogP contribution is 2.36. The first-order valence-electron chi connectivity index (χ1n) is 9.59. The number of hydrogen-bond acceptors (Lipinski definition) is 4. The van der Waals surface area contributed by atoms with Crippen molar-refractivity contribution < 1.29 is 14.3 Å². The molecule has 6 nitrogen and oxygen atoms in total. The van der Waals surface area contributed by atoms with Crippen LogP contribution in [0.15, 0.2) is 61.2 Å². The number of amides is 1. The van der Waals surface area contributed by atoms with E-state index in [2.05, 4.69) is 10.3 Å². The van der Waals surface area contributed by atoms with E-state index in [-0.39, 0.29) is 5.91 Å². The molecule has 1 N–H and O–H groups in total. The molecule has 0 saturated heterocycles. The molecular weight excluding hydrogens is 402 g/mol. The van der Waals surface area contributed by atoms with E-state index in [1.54, 1.807) is 30.7 Å². The van der Waals surface area contributed by atoms with Crippen LogP contribution in [0.4, 0.5) is 0 Å². The number of carbonyl (C=O) groups excluding carboxylic acids is 1. The Bertz CT molecular complexity index is 999. The number of aromatic nitrogens is 2. The third-order valence-corrected chi connectivity index (χ3v) is 4.66. The van der Waals surface area contributed by atoms with Gasteiger partial charge in [-0.05, 0) is 41.8 Å². The van der Waals surface area contributed by atoms with Crippen molar-refractivity contribution in [1.29, 1.82) is 0 Å². The van der Waals surface area contributed by atoms with Crippen LogP contribution < -0.4 is 14.8 Å². The van der Waals surface area contributed by atoms with Crippen molar-refractivity contribution >= 4 is 23.6 Å². The first kappa shape index (κ1) is 21.5. The quantitative estimate of drug-likeness (QED) is 0.518. The van der Waals surface area contributed by atoms with Crippen LogP contribution in [0, 0.1) is 0 Å². The second kappa shape index (κ2) is 10.5. The largest absolute Gasteiger partial charge is 0.491 e. The normalized spacial score (nSPS) is 10.9. The zero-order valence-corrected chi connectivity index (χ0v) is 17.7. The molecule has 7 heteroatoms. The molecule has 30 heavy (non-hydrogen) atoms. The molecule has 0 spiro atoms. The van der Waals surface area contributed by atoms with E-state index in [0.717, 1.165) is 17.7 Å². The van der Waals surface area contributed by atoms with Crippen LogP contribution in [0.3, 0.4) is 0 Å². The van der Waals surface area contributed by atoms with Crippen LogP contribution in [0.5, 0.6) is 11.5 Å². The van der Waals surface area contributed by atoms with Gasteiger partial charge in [0.25, 0.3) is 0 Å². The summed E-state index contributed by atoms with van der Waals surface area (Å²) < 4.78 is 12.8. The van der Waals surface area contributed by atoms with Gasteiger partial charge >= 0.3 is 0 Å². The Morgan fingerprint density at radius 3 is 2.67 bits per heavy atom. The van der Waals surface area contributed by atoms with Crippen molar-refractivity contribution in [2.45, 2.75) is 20.0 Å². The molecule has 0 fully saturated rings. The third kappa shape index (κ3) is 5.87. The number of carbonyl (C=O) groups is 1. The molecule has 0 radical (unpaired) electrons. The lowest BCUT2D eigenvalue weighted by atomic mass is 10.1. The van der Waals surface area contributed by atoms with Crippen LogP contribution in [0.2, 0.25) is 5.02 Å². The number of ether oxygens (including phenoxy) is 2. The zero-order valence-electron chi connectivity index (χ0n) is 17.0. The number of hydrogen-bond donors (Lipinski definition) is 1. The van der Waals surface area contributed by atoms with Gasteiger partial charge in [-0.15, -0.1) is 0 Å². The van der Waals surface area contributed by atoms with Gasteiger partial charge in [-0.3, -0.25) is 4.79 Å². The molecule has 0 aliphatic carbocycles. The highest BCUT2D eigenvalue weighted by Gasteiger charge is 2.10. The van der Waals surface area contributed by atoms with E-state index in [9.17, 15) is 4.79 Å². The maximum absolute atomic E-state index is 12.2. The molecule has 3 aromatic rings. The highest BCUT2D eigenvalue weighted by atomic mass is 35.5. The fourth-order valence-electron chi connectivity index (χ4n) is 2.92. The number of nitrogens with zero attached hydrogens (tertiary/aromatic N) is 2. The SMILES string of the molecule is CCOc1cc(/C=C/C(=O)NCc2ccc(Cn3ccnc3)cc2)cc(Cl)c1OC. The summed E-state index contributed by atoms with van der Waals surface area (Å²) >= 11 is 6.24. The molecule has 156 valence electrons. The summed E-state index contributed by atoms with van der Waals surface area (Å²) in [6.07, 6.45) is 8.63. The Morgan fingerprint density at radius 1 is 1.23 bits per heavy atom. The van der Waals surface area contributed by atoms with Crippen molar-refractivity contribution in [3.05, 3.63) is 82.9 Å². The lowest BCUT2D eigenvalue weighted by Gasteiger charge is -2.11. The average Bonchev–Trinajstić information content (AvgIpc) is 3.25. The highest BCUT2D eigenvalue weighted by molar-refractivity contribution is 6.32. The first-order chi connectivity index (χ1) is 14.6. The molecular formula is C23H24ClN3O3. The van der Waals surface area contributed by atoms with Gasteiger partial charge in [0.15, 0.2) is 11.5 Å². The van der Waals surface area contributed by atoms with E-state index < -0.39 is 0 Å². The van der Waals surface area contributed by atoms with Crippen LogP contribution in [0.1, 0.15) is 23.6 Å². The first-order valence-corrected chi connectivity index (χ1v) is 9.96. The summed E-state index contributed by atoms with van der Waals surface area (Å²) in [7, 11) is 1.54. The van der Waals surface area contributed by atoms with Gasteiger partial charge in [0.1, 0.15) is 0 Å². The molecule has 0 saturated carbocycles. The predicted molar refractivity (Wildman–Crippen MR) is 118 cm³/mol. The lowest BCUT2D eigenvalue weighted by molar-refractivity contribution is -0.116. The molecule has 0 aliphatic rings. The van der Waals surface area contributed by atoms with Gasteiger partial charge in [0.05, 0.1) is 25.1 Å². The Labute approximate surface area is 181 Å². The van der Waals surface area contributed by atoms with Crippen LogP contribution in [-0.2, 0) is 17.9 Å². The standard InChI is InChI=1S/C23H24ClN3O3/c1-3-30-21-13-19(12-20(24)23(21)29-2)8-9-22(28)26-14-17-4-6-18(7-5-17)15-27-11-10-25-16-27/h4-13,16H,3,14-15H2,1-2H3,(H,26,28)/b9-8+. The molecule has 1 heterocycles. The lowest BCUT2D eigenvalue weighted by Crippen LogP contribution is -2.20. The van der Waals surface area contributed by atoms with Gasteiger partial charge in [0.2, 0.25) is 5.91 Å².